The smallest absolute Gasteiger partial charge is 0.191 e. The molecule has 0 aliphatic carbocycles. The summed E-state index contributed by atoms with van der Waals surface area (Å²) in [7, 11) is 1.83. The van der Waals surface area contributed by atoms with Crippen LogP contribution in [0.1, 0.15) is 5.56 Å². The molecular weight excluding hydrogens is 356 g/mol. The van der Waals surface area contributed by atoms with Crippen molar-refractivity contribution < 1.29 is 4.74 Å². The van der Waals surface area contributed by atoms with Crippen molar-refractivity contribution >= 4 is 28.5 Å². The first kappa shape index (κ1) is 20.0. The van der Waals surface area contributed by atoms with Crippen molar-refractivity contribution in [1.29, 1.82) is 0 Å². The first-order chi connectivity index (χ1) is 13.4. The molecule has 2 N–H and O–H groups in total. The number of fused-ring (bicyclic) bond motifs is 1. The third kappa shape index (κ3) is 6.41. The average molecular weight is 387 g/mol. The molecule has 1 aliphatic heterocycles. The van der Waals surface area contributed by atoms with Gasteiger partial charge in [0.15, 0.2) is 5.96 Å². The molecule has 0 atom stereocenters. The Morgan fingerprint density at radius 2 is 1.85 bits per heavy atom. The van der Waals surface area contributed by atoms with E-state index in [4.69, 9.17) is 4.74 Å². The predicted molar refractivity (Wildman–Crippen MR) is 117 cm³/mol. The number of guanidine groups is 1. The topological polar surface area (TPSA) is 48.9 Å². The molecule has 0 spiro atoms. The van der Waals surface area contributed by atoms with Crippen molar-refractivity contribution in [1.82, 2.24) is 15.5 Å². The van der Waals surface area contributed by atoms with Gasteiger partial charge in [0.25, 0.3) is 0 Å². The number of hydrogen-bond donors (Lipinski definition) is 2. The molecule has 2 aromatic rings. The van der Waals surface area contributed by atoms with Gasteiger partial charge in [-0.3, -0.25) is 9.89 Å². The summed E-state index contributed by atoms with van der Waals surface area (Å²) < 4.78 is 5.38. The second-order valence-corrected chi connectivity index (χ2v) is 7.68. The zero-order valence-electron chi connectivity index (χ0n) is 16.1. The lowest BCUT2D eigenvalue weighted by atomic mass is 10.1. The van der Waals surface area contributed by atoms with Crippen molar-refractivity contribution in [2.75, 3.05) is 58.7 Å². The molecule has 1 fully saturated rings. The van der Waals surface area contributed by atoms with Crippen LogP contribution in [0.5, 0.6) is 0 Å². The van der Waals surface area contributed by atoms with Crippen molar-refractivity contribution in [2.24, 2.45) is 4.99 Å². The molecule has 5 nitrogen and oxygen atoms in total. The lowest BCUT2D eigenvalue weighted by Gasteiger charge is -2.26. The molecule has 146 valence electrons. The molecule has 0 aromatic heterocycles. The maximum Gasteiger partial charge on any atom is 0.191 e. The van der Waals surface area contributed by atoms with Gasteiger partial charge in [-0.2, -0.15) is 11.8 Å². The summed E-state index contributed by atoms with van der Waals surface area (Å²) in [5.74, 6) is 2.97. The third-order valence-electron chi connectivity index (χ3n) is 4.72. The second kappa shape index (κ2) is 11.2. The first-order valence-electron chi connectivity index (χ1n) is 9.66. The van der Waals surface area contributed by atoms with Gasteiger partial charge in [0.1, 0.15) is 0 Å². The zero-order valence-corrected chi connectivity index (χ0v) is 16.9. The third-order valence-corrected chi connectivity index (χ3v) is 5.73. The molecule has 6 heteroatoms. The Labute approximate surface area is 166 Å². The van der Waals surface area contributed by atoms with Gasteiger partial charge < -0.3 is 15.4 Å². The van der Waals surface area contributed by atoms with Crippen molar-refractivity contribution in [2.45, 2.75) is 5.75 Å². The molecule has 0 radical (unpaired) electrons. The molecule has 3 rings (SSSR count). The van der Waals surface area contributed by atoms with Crippen LogP contribution in [0.3, 0.4) is 0 Å². The van der Waals surface area contributed by atoms with Gasteiger partial charge in [-0.15, -0.1) is 0 Å². The molecule has 27 heavy (non-hydrogen) atoms. The second-order valence-electron chi connectivity index (χ2n) is 6.57. The zero-order chi connectivity index (χ0) is 18.7. The van der Waals surface area contributed by atoms with E-state index in [1.54, 1.807) is 0 Å². The van der Waals surface area contributed by atoms with E-state index in [2.05, 4.69) is 63.0 Å². The fourth-order valence-corrected chi connectivity index (χ4v) is 4.08. The number of aliphatic imine (C=N–C) groups is 1. The molecule has 1 aliphatic rings. The van der Waals surface area contributed by atoms with E-state index >= 15 is 0 Å². The van der Waals surface area contributed by atoms with Crippen LogP contribution in [-0.4, -0.2) is 69.6 Å². The first-order valence-corrected chi connectivity index (χ1v) is 10.8. The van der Waals surface area contributed by atoms with Gasteiger partial charge in [-0.25, -0.2) is 0 Å². The molecule has 0 unspecified atom stereocenters. The van der Waals surface area contributed by atoms with Gasteiger partial charge in [0, 0.05) is 51.3 Å². The quantitative estimate of drug-likeness (QED) is 0.415. The van der Waals surface area contributed by atoms with Crippen LogP contribution in [0, 0.1) is 0 Å². The summed E-state index contributed by atoms with van der Waals surface area (Å²) >= 11 is 1.95. The fraction of sp³-hybridized carbons (Fsp3) is 0.476. The molecule has 0 amide bonds. The SMILES string of the molecule is CN=C(NCCSCc1cccc2ccccc12)NCCN1CCOCC1. The van der Waals surface area contributed by atoms with Crippen LogP contribution >= 0.6 is 11.8 Å². The Hall–Kier alpha value is -1.76. The summed E-state index contributed by atoms with van der Waals surface area (Å²) in [5.41, 5.74) is 1.41. The van der Waals surface area contributed by atoms with E-state index in [1.807, 2.05) is 18.8 Å². The number of benzene rings is 2. The Balaban J connectivity index is 1.32. The number of thioether (sulfide) groups is 1. The van der Waals surface area contributed by atoms with Crippen LogP contribution < -0.4 is 10.6 Å². The number of nitrogens with zero attached hydrogens (tertiary/aromatic N) is 2. The Morgan fingerprint density at radius 3 is 2.70 bits per heavy atom. The van der Waals surface area contributed by atoms with Crippen LogP contribution in [0.2, 0.25) is 0 Å². The van der Waals surface area contributed by atoms with Crippen LogP contribution in [0.25, 0.3) is 10.8 Å². The van der Waals surface area contributed by atoms with E-state index in [0.717, 1.165) is 63.4 Å². The number of hydrogen-bond acceptors (Lipinski definition) is 4. The highest BCUT2D eigenvalue weighted by Crippen LogP contribution is 2.22. The van der Waals surface area contributed by atoms with Gasteiger partial charge in [-0.05, 0) is 16.3 Å². The predicted octanol–water partition coefficient (Wildman–Crippen LogP) is 2.57. The monoisotopic (exact) mass is 386 g/mol. The van der Waals surface area contributed by atoms with E-state index in [9.17, 15) is 0 Å². The maximum absolute atomic E-state index is 5.38. The minimum Gasteiger partial charge on any atom is -0.379 e. The van der Waals surface area contributed by atoms with Crippen LogP contribution in [0.4, 0.5) is 0 Å². The summed E-state index contributed by atoms with van der Waals surface area (Å²) in [4.78, 5) is 6.73. The normalized spacial score (nSPS) is 15.8. The number of morpholine rings is 1. The number of nitrogens with one attached hydrogen (secondary N) is 2. The minimum atomic E-state index is 0.848. The van der Waals surface area contributed by atoms with E-state index in [0.29, 0.717) is 0 Å². The van der Waals surface area contributed by atoms with Crippen LogP contribution in [0.15, 0.2) is 47.5 Å². The van der Waals surface area contributed by atoms with Gasteiger partial charge in [-0.1, -0.05) is 42.5 Å². The lowest BCUT2D eigenvalue weighted by Crippen LogP contribution is -2.44. The lowest BCUT2D eigenvalue weighted by molar-refractivity contribution is 0.0389. The molecule has 1 saturated heterocycles. The average Bonchev–Trinajstić information content (AvgIpc) is 2.73. The van der Waals surface area contributed by atoms with E-state index in [1.165, 1.54) is 16.3 Å². The highest BCUT2D eigenvalue weighted by molar-refractivity contribution is 7.98. The van der Waals surface area contributed by atoms with Crippen molar-refractivity contribution in [3.05, 3.63) is 48.0 Å². The summed E-state index contributed by atoms with van der Waals surface area (Å²) in [6, 6.07) is 15.2. The Kier molecular flexibility index (Phi) is 8.27. The minimum absolute atomic E-state index is 0.848. The Morgan fingerprint density at radius 1 is 1.07 bits per heavy atom. The molecule has 0 bridgehead atoms. The molecular formula is C21H30N4OS. The van der Waals surface area contributed by atoms with Gasteiger partial charge >= 0.3 is 0 Å². The van der Waals surface area contributed by atoms with Gasteiger partial charge in [0.05, 0.1) is 13.2 Å². The maximum atomic E-state index is 5.38. The number of ether oxygens (including phenoxy) is 1. The summed E-state index contributed by atoms with van der Waals surface area (Å²) in [5, 5.41) is 9.48. The molecule has 1 heterocycles. The van der Waals surface area contributed by atoms with E-state index < -0.39 is 0 Å². The number of rotatable bonds is 8. The van der Waals surface area contributed by atoms with E-state index in [-0.39, 0.29) is 0 Å². The van der Waals surface area contributed by atoms with Crippen LogP contribution in [-0.2, 0) is 10.5 Å². The summed E-state index contributed by atoms with van der Waals surface area (Å²) in [6.45, 7) is 6.59. The molecule has 0 saturated carbocycles. The highest BCUT2D eigenvalue weighted by Gasteiger charge is 2.09. The Bertz CT molecular complexity index is 726. The largest absolute Gasteiger partial charge is 0.379 e. The highest BCUT2D eigenvalue weighted by atomic mass is 32.2. The fourth-order valence-electron chi connectivity index (χ4n) is 3.22. The van der Waals surface area contributed by atoms with Crippen molar-refractivity contribution in [3.8, 4) is 0 Å². The van der Waals surface area contributed by atoms with Crippen molar-refractivity contribution in [3.63, 3.8) is 0 Å². The molecule has 2 aromatic carbocycles. The van der Waals surface area contributed by atoms with Gasteiger partial charge in [0.2, 0.25) is 0 Å². The summed E-state index contributed by atoms with van der Waals surface area (Å²) in [6.07, 6.45) is 0. The standard InChI is InChI=1S/C21H30N4OS/c1-22-21(23-9-11-25-12-14-26-15-13-25)24-10-16-27-17-19-7-4-6-18-5-2-3-8-20(18)19/h2-8H,9-17H2,1H3,(H2,22,23,24).